The van der Waals surface area contributed by atoms with Crippen molar-refractivity contribution in [2.75, 3.05) is 6.61 Å². The highest BCUT2D eigenvalue weighted by atomic mass is 32.2. The van der Waals surface area contributed by atoms with Crippen molar-refractivity contribution in [2.45, 2.75) is 36.7 Å². The van der Waals surface area contributed by atoms with Crippen LogP contribution in [-0.2, 0) is 0 Å². The Bertz CT molecular complexity index is 524. The largest absolute Gasteiger partial charge is 0.394 e. The Balaban J connectivity index is 1.97. The zero-order valence-corrected chi connectivity index (χ0v) is 12.8. The van der Waals surface area contributed by atoms with Crippen LogP contribution in [0.3, 0.4) is 0 Å². The number of aryl methyl sites for hydroxylation is 1. The molecule has 0 aromatic heterocycles. The molecule has 1 heterocycles. The maximum absolute atomic E-state index is 10.1. The number of nitrogens with one attached hydrogen (secondary N) is 1. The molecule has 1 aromatic rings. The van der Waals surface area contributed by atoms with Crippen molar-refractivity contribution < 1.29 is 25.5 Å². The van der Waals surface area contributed by atoms with Gasteiger partial charge in [-0.05, 0) is 6.92 Å². The van der Waals surface area contributed by atoms with Crippen LogP contribution in [0.4, 0.5) is 0 Å². The van der Waals surface area contributed by atoms with Crippen molar-refractivity contribution in [1.82, 2.24) is 5.43 Å². The van der Waals surface area contributed by atoms with Gasteiger partial charge >= 0.3 is 0 Å². The van der Waals surface area contributed by atoms with Gasteiger partial charge in [-0.25, -0.2) is 0 Å². The summed E-state index contributed by atoms with van der Waals surface area (Å²) < 4.78 is 0. The first-order chi connectivity index (χ1) is 10.4. The molecular weight excluding hydrogens is 308 g/mol. The molecule has 0 bridgehead atoms. The van der Waals surface area contributed by atoms with E-state index in [-0.39, 0.29) is 0 Å². The number of benzene rings is 1. The van der Waals surface area contributed by atoms with Gasteiger partial charge in [0.1, 0.15) is 34.8 Å². The fourth-order valence-corrected chi connectivity index (χ4v) is 3.01. The zero-order valence-electron chi connectivity index (χ0n) is 12.0. The van der Waals surface area contributed by atoms with Gasteiger partial charge < -0.3 is 25.5 Å². The maximum atomic E-state index is 10.1. The molecule has 1 aliphatic heterocycles. The van der Waals surface area contributed by atoms with E-state index in [4.69, 9.17) is 5.11 Å². The van der Waals surface area contributed by atoms with E-state index in [9.17, 15) is 20.4 Å². The molecule has 122 valence electrons. The number of nitrogens with zero attached hydrogens (tertiary/aromatic N) is 1. The first kappa shape index (κ1) is 17.2. The second-order valence-corrected chi connectivity index (χ2v) is 6.30. The maximum Gasteiger partial charge on any atom is 0.125 e. The van der Waals surface area contributed by atoms with Crippen LogP contribution in [0, 0.1) is 6.92 Å². The second kappa shape index (κ2) is 7.40. The minimum atomic E-state index is -1.65. The van der Waals surface area contributed by atoms with Crippen LogP contribution in [0.1, 0.15) is 11.1 Å². The molecule has 1 aliphatic rings. The molecule has 1 aromatic carbocycles. The van der Waals surface area contributed by atoms with Crippen LogP contribution in [-0.4, -0.2) is 67.0 Å². The fraction of sp³-hybridized carbons (Fsp3) is 0.500. The average Bonchev–Trinajstić information content (AvgIpc) is 3.02. The van der Waals surface area contributed by atoms with Crippen molar-refractivity contribution >= 4 is 16.8 Å². The third-order valence-electron chi connectivity index (χ3n) is 3.42. The minimum Gasteiger partial charge on any atom is -0.394 e. The highest BCUT2D eigenvalue weighted by Gasteiger charge is 2.37. The molecule has 8 heteroatoms. The fourth-order valence-electron chi connectivity index (χ4n) is 1.99. The summed E-state index contributed by atoms with van der Waals surface area (Å²) in [6.07, 6.45) is -6.15. The molecular formula is C14H20N2O5S. The van der Waals surface area contributed by atoms with E-state index in [0.717, 1.165) is 11.1 Å². The minimum absolute atomic E-state index is 0.660. The molecule has 0 spiro atoms. The predicted octanol–water partition coefficient (Wildman–Crippen LogP) is -1.24. The lowest BCUT2D eigenvalue weighted by molar-refractivity contribution is -0.116. The van der Waals surface area contributed by atoms with Crippen LogP contribution in [0.15, 0.2) is 29.4 Å². The van der Waals surface area contributed by atoms with Crippen molar-refractivity contribution in [2.24, 2.45) is 5.10 Å². The highest BCUT2D eigenvalue weighted by Crippen LogP contribution is 2.27. The molecule has 5 atom stereocenters. The zero-order chi connectivity index (χ0) is 16.3. The van der Waals surface area contributed by atoms with Crippen molar-refractivity contribution in [1.29, 1.82) is 0 Å². The molecule has 0 aliphatic carbocycles. The van der Waals surface area contributed by atoms with Gasteiger partial charge in [-0.3, -0.25) is 5.43 Å². The molecule has 6 N–H and O–H groups in total. The number of hydrazone groups is 1. The van der Waals surface area contributed by atoms with E-state index < -0.39 is 36.4 Å². The quantitative estimate of drug-likeness (QED) is 0.385. The van der Waals surface area contributed by atoms with Crippen LogP contribution in [0.25, 0.3) is 0 Å². The SMILES string of the molecule is Cc1ccc(C2=NN[C@H]([C@H](O)[C@H](O)[C@@H](O)[C@H](O)CO)S2)cc1. The van der Waals surface area contributed by atoms with Gasteiger partial charge in [0.25, 0.3) is 0 Å². The number of aliphatic hydroxyl groups excluding tert-OH is 5. The summed E-state index contributed by atoms with van der Waals surface area (Å²) in [5.74, 6) is 0. The molecule has 0 saturated heterocycles. The summed E-state index contributed by atoms with van der Waals surface area (Å²) >= 11 is 1.22. The Morgan fingerprint density at radius 3 is 2.36 bits per heavy atom. The molecule has 2 rings (SSSR count). The third-order valence-corrected chi connectivity index (χ3v) is 4.61. The van der Waals surface area contributed by atoms with E-state index in [1.54, 1.807) is 0 Å². The topological polar surface area (TPSA) is 126 Å². The second-order valence-electron chi connectivity index (χ2n) is 5.17. The standard InChI is InChI=1S/C14H20N2O5S/c1-7-2-4-8(5-3-7)13-15-16-14(22-13)12(21)11(20)10(19)9(18)6-17/h2-5,9-12,14,16-21H,6H2,1H3/t9-,10+,11-,12-,14+/m1/s1. The van der Waals surface area contributed by atoms with Crippen molar-refractivity contribution in [3.63, 3.8) is 0 Å². The Morgan fingerprint density at radius 1 is 1.14 bits per heavy atom. The first-order valence-electron chi connectivity index (χ1n) is 6.84. The lowest BCUT2D eigenvalue weighted by Crippen LogP contribution is -2.51. The lowest BCUT2D eigenvalue weighted by atomic mass is 10.0. The molecule has 0 radical (unpaired) electrons. The lowest BCUT2D eigenvalue weighted by Gasteiger charge is -2.28. The monoisotopic (exact) mass is 328 g/mol. The van der Waals surface area contributed by atoms with E-state index in [0.29, 0.717) is 5.04 Å². The van der Waals surface area contributed by atoms with E-state index in [1.807, 2.05) is 31.2 Å². The number of hydrogen-bond donors (Lipinski definition) is 6. The molecule has 0 unspecified atom stereocenters. The first-order valence-corrected chi connectivity index (χ1v) is 7.72. The Labute approximate surface area is 132 Å². The third kappa shape index (κ3) is 3.78. The normalized spacial score (nSPS) is 23.4. The molecule has 0 amide bonds. The summed E-state index contributed by atoms with van der Waals surface area (Å²) in [6, 6.07) is 7.69. The van der Waals surface area contributed by atoms with Crippen LogP contribution >= 0.6 is 11.8 Å². The molecule has 0 saturated carbocycles. The molecule has 7 nitrogen and oxygen atoms in total. The molecule has 0 fully saturated rings. The van der Waals surface area contributed by atoms with Gasteiger partial charge in [0.2, 0.25) is 0 Å². The van der Waals surface area contributed by atoms with Gasteiger partial charge in [-0.15, -0.1) is 0 Å². The number of thioether (sulfide) groups is 1. The van der Waals surface area contributed by atoms with Gasteiger partial charge in [-0.2, -0.15) is 5.10 Å². The van der Waals surface area contributed by atoms with Crippen LogP contribution < -0.4 is 5.43 Å². The summed E-state index contributed by atoms with van der Waals surface area (Å²) in [7, 11) is 0. The van der Waals surface area contributed by atoms with E-state index >= 15 is 0 Å². The number of aliphatic hydroxyl groups is 5. The van der Waals surface area contributed by atoms with E-state index in [1.165, 1.54) is 11.8 Å². The van der Waals surface area contributed by atoms with Gasteiger partial charge in [0, 0.05) is 5.56 Å². The van der Waals surface area contributed by atoms with Crippen LogP contribution in [0.2, 0.25) is 0 Å². The van der Waals surface area contributed by atoms with Crippen LogP contribution in [0.5, 0.6) is 0 Å². The molecule has 22 heavy (non-hydrogen) atoms. The summed E-state index contributed by atoms with van der Waals surface area (Å²) in [4.78, 5) is 0. The van der Waals surface area contributed by atoms with E-state index in [2.05, 4.69) is 10.5 Å². The van der Waals surface area contributed by atoms with Gasteiger partial charge in [-0.1, -0.05) is 41.6 Å². The summed E-state index contributed by atoms with van der Waals surface area (Å²) in [5.41, 5.74) is 4.69. The Morgan fingerprint density at radius 2 is 1.77 bits per heavy atom. The predicted molar refractivity (Wildman–Crippen MR) is 83.3 cm³/mol. The smallest absolute Gasteiger partial charge is 0.125 e. The number of rotatable bonds is 6. The number of hydrogen-bond acceptors (Lipinski definition) is 8. The average molecular weight is 328 g/mol. The van der Waals surface area contributed by atoms with Gasteiger partial charge in [0.15, 0.2) is 0 Å². The van der Waals surface area contributed by atoms with Gasteiger partial charge in [0.05, 0.1) is 6.61 Å². The Hall–Kier alpha value is -1.16. The van der Waals surface area contributed by atoms with Crippen molar-refractivity contribution in [3.05, 3.63) is 35.4 Å². The Kier molecular flexibility index (Phi) is 5.79. The summed E-state index contributed by atoms with van der Waals surface area (Å²) in [5, 5.41) is 51.8. The highest BCUT2D eigenvalue weighted by molar-refractivity contribution is 8.15. The van der Waals surface area contributed by atoms with Crippen molar-refractivity contribution in [3.8, 4) is 0 Å². The summed E-state index contributed by atoms with van der Waals surface area (Å²) in [6.45, 7) is 1.27.